The number of nitrogens with zero attached hydrogens (tertiary/aromatic N) is 5. The van der Waals surface area contributed by atoms with Crippen LogP contribution in [0.15, 0.2) is 249 Å². The number of fused-ring (bicyclic) bond motifs is 3. The highest BCUT2D eigenvalue weighted by atomic mass is 15.0. The van der Waals surface area contributed by atoms with Gasteiger partial charge in [0.05, 0.1) is 16.8 Å². The zero-order valence-corrected chi connectivity index (χ0v) is 36.4. The average molecular weight is 856 g/mol. The third-order valence-electron chi connectivity index (χ3n) is 12.8. The van der Waals surface area contributed by atoms with Crippen LogP contribution in [0.4, 0.5) is 0 Å². The molecule has 11 aromatic rings. The van der Waals surface area contributed by atoms with Crippen LogP contribution in [0.1, 0.15) is 22.3 Å². The molecule has 67 heavy (non-hydrogen) atoms. The minimum atomic E-state index is -0.620. The van der Waals surface area contributed by atoms with Crippen molar-refractivity contribution in [2.24, 2.45) is 0 Å². The highest BCUT2D eigenvalue weighted by molar-refractivity contribution is 5.95. The maximum Gasteiger partial charge on any atom is 0.164 e. The summed E-state index contributed by atoms with van der Waals surface area (Å²) in [5, 5.41) is 0. The Labute approximate surface area is 389 Å². The number of benzene rings is 9. The van der Waals surface area contributed by atoms with Crippen molar-refractivity contribution < 1.29 is 0 Å². The molecule has 1 aliphatic rings. The van der Waals surface area contributed by atoms with Crippen molar-refractivity contribution in [1.29, 1.82) is 0 Å². The van der Waals surface area contributed by atoms with Gasteiger partial charge in [0.25, 0.3) is 0 Å². The lowest BCUT2D eigenvalue weighted by Gasteiger charge is -2.34. The molecule has 2 heterocycles. The molecule has 0 saturated heterocycles. The second kappa shape index (κ2) is 16.9. The van der Waals surface area contributed by atoms with E-state index in [9.17, 15) is 0 Å². The zero-order chi connectivity index (χ0) is 44.6. The van der Waals surface area contributed by atoms with Gasteiger partial charge in [-0.1, -0.05) is 224 Å². The molecular weight excluding hydrogens is 815 g/mol. The molecule has 5 heteroatoms. The summed E-state index contributed by atoms with van der Waals surface area (Å²) in [5.74, 6) is 2.47. The van der Waals surface area contributed by atoms with Crippen LogP contribution in [0.2, 0.25) is 0 Å². The summed E-state index contributed by atoms with van der Waals surface area (Å²) in [5.41, 5.74) is 15.9. The first kappa shape index (κ1) is 39.6. The molecule has 314 valence electrons. The van der Waals surface area contributed by atoms with Gasteiger partial charge in [0.15, 0.2) is 23.3 Å². The molecule has 12 rings (SSSR count). The summed E-state index contributed by atoms with van der Waals surface area (Å²) >= 11 is 0. The summed E-state index contributed by atoms with van der Waals surface area (Å²) in [6.07, 6.45) is 0. The van der Waals surface area contributed by atoms with E-state index < -0.39 is 5.41 Å². The van der Waals surface area contributed by atoms with E-state index in [4.69, 9.17) is 24.9 Å². The summed E-state index contributed by atoms with van der Waals surface area (Å²) in [4.78, 5) is 26.1. The molecule has 5 nitrogen and oxygen atoms in total. The Bertz CT molecular complexity index is 3390. The summed E-state index contributed by atoms with van der Waals surface area (Å²) in [7, 11) is 0. The van der Waals surface area contributed by atoms with Gasteiger partial charge >= 0.3 is 0 Å². The largest absolute Gasteiger partial charge is 0.228 e. The molecule has 1 aliphatic carbocycles. The summed E-state index contributed by atoms with van der Waals surface area (Å²) in [6, 6.07) is 87.1. The van der Waals surface area contributed by atoms with Gasteiger partial charge in [0.2, 0.25) is 0 Å². The minimum absolute atomic E-state index is 0.588. The summed E-state index contributed by atoms with van der Waals surface area (Å²) in [6.45, 7) is 0. The first-order valence-electron chi connectivity index (χ1n) is 22.6. The molecular formula is C62H41N5. The van der Waals surface area contributed by atoms with Crippen LogP contribution >= 0.6 is 0 Å². The van der Waals surface area contributed by atoms with Crippen LogP contribution in [0.5, 0.6) is 0 Å². The van der Waals surface area contributed by atoms with Gasteiger partial charge in [-0.25, -0.2) is 24.9 Å². The van der Waals surface area contributed by atoms with Gasteiger partial charge in [0, 0.05) is 33.4 Å². The van der Waals surface area contributed by atoms with Gasteiger partial charge < -0.3 is 0 Å². The SMILES string of the molecule is c1ccc(-c2cc(-c3cccc(-c4cc5c(cc4-c4nc(-c6ccccc6)nc(-c6ccccc6)n4)-c4ccccc4C5(c4ccccc4)c4ccccc4)c3)nc(-c3ccccc3)n2)cc1. The molecule has 0 unspecified atom stereocenters. The van der Waals surface area contributed by atoms with Crippen LogP contribution in [0, 0.1) is 0 Å². The number of hydrogen-bond acceptors (Lipinski definition) is 5. The highest BCUT2D eigenvalue weighted by Gasteiger charge is 2.46. The Morgan fingerprint density at radius 1 is 0.224 bits per heavy atom. The van der Waals surface area contributed by atoms with E-state index >= 15 is 0 Å². The Kier molecular flexibility index (Phi) is 9.99. The fourth-order valence-electron chi connectivity index (χ4n) is 9.75. The lowest BCUT2D eigenvalue weighted by atomic mass is 9.67. The number of rotatable bonds is 9. The predicted octanol–water partition coefficient (Wildman–Crippen LogP) is 14.7. The van der Waals surface area contributed by atoms with Crippen molar-refractivity contribution in [1.82, 2.24) is 24.9 Å². The van der Waals surface area contributed by atoms with Gasteiger partial charge in [0.1, 0.15) is 0 Å². The van der Waals surface area contributed by atoms with Gasteiger partial charge in [-0.05, 0) is 68.8 Å². The second-order valence-corrected chi connectivity index (χ2v) is 16.8. The molecule has 0 fully saturated rings. The van der Waals surface area contributed by atoms with Crippen LogP contribution in [0.25, 0.3) is 90.3 Å². The molecule has 0 aliphatic heterocycles. The molecule has 0 bridgehead atoms. The van der Waals surface area contributed by atoms with E-state index in [1.54, 1.807) is 0 Å². The quantitative estimate of drug-likeness (QED) is 0.145. The number of hydrogen-bond donors (Lipinski definition) is 0. The normalized spacial score (nSPS) is 12.3. The van der Waals surface area contributed by atoms with E-state index in [0.717, 1.165) is 61.5 Å². The first-order valence-corrected chi connectivity index (χ1v) is 22.6. The van der Waals surface area contributed by atoms with Crippen molar-refractivity contribution in [3.05, 3.63) is 271 Å². The lowest BCUT2D eigenvalue weighted by Crippen LogP contribution is -2.28. The third kappa shape index (κ3) is 7.11. The maximum atomic E-state index is 5.35. The van der Waals surface area contributed by atoms with E-state index in [2.05, 4.69) is 176 Å². The van der Waals surface area contributed by atoms with E-state index in [-0.39, 0.29) is 0 Å². The molecule has 0 spiro atoms. The van der Waals surface area contributed by atoms with E-state index in [1.165, 1.54) is 27.8 Å². The van der Waals surface area contributed by atoms with Gasteiger partial charge in [-0.15, -0.1) is 0 Å². The van der Waals surface area contributed by atoms with Crippen LogP contribution in [-0.4, -0.2) is 24.9 Å². The van der Waals surface area contributed by atoms with Crippen LogP contribution in [-0.2, 0) is 5.41 Å². The molecule has 0 atom stereocenters. The standard InChI is InChI=1S/C62H41N5/c1-7-22-42(23-8-1)56-41-57(64-58(63-56)43-24-9-2-10-25-43)47-31-21-30-46(38-47)51-40-55-52(50-36-19-20-37-54(50)62(55,48-32-15-5-16-33-48)49-34-17-6-18-35-49)39-53(51)61-66-59(44-26-11-3-12-27-44)65-60(67-61)45-28-13-4-14-29-45/h1-41H. The lowest BCUT2D eigenvalue weighted by molar-refractivity contribution is 0.769. The van der Waals surface area contributed by atoms with Crippen molar-refractivity contribution >= 4 is 0 Å². The highest BCUT2D eigenvalue weighted by Crippen LogP contribution is 2.58. The van der Waals surface area contributed by atoms with Crippen molar-refractivity contribution in [3.63, 3.8) is 0 Å². The second-order valence-electron chi connectivity index (χ2n) is 16.8. The van der Waals surface area contributed by atoms with Crippen LogP contribution < -0.4 is 0 Å². The molecule has 0 radical (unpaired) electrons. The molecule has 2 aromatic heterocycles. The number of aromatic nitrogens is 5. The fourth-order valence-corrected chi connectivity index (χ4v) is 9.75. The maximum absolute atomic E-state index is 5.35. The van der Waals surface area contributed by atoms with Crippen LogP contribution in [0.3, 0.4) is 0 Å². The Hall–Kier alpha value is -8.93. The predicted molar refractivity (Wildman–Crippen MR) is 271 cm³/mol. The summed E-state index contributed by atoms with van der Waals surface area (Å²) < 4.78 is 0. The zero-order valence-electron chi connectivity index (χ0n) is 36.4. The molecule has 0 amide bonds. The monoisotopic (exact) mass is 855 g/mol. The van der Waals surface area contributed by atoms with Gasteiger partial charge in [-0.2, -0.15) is 0 Å². The van der Waals surface area contributed by atoms with Crippen molar-refractivity contribution in [2.45, 2.75) is 5.41 Å². The first-order chi connectivity index (χ1) is 33.2. The Morgan fingerprint density at radius 3 is 1.19 bits per heavy atom. The van der Waals surface area contributed by atoms with E-state index in [1.807, 2.05) is 72.8 Å². The van der Waals surface area contributed by atoms with Gasteiger partial charge in [-0.3, -0.25) is 0 Å². The topological polar surface area (TPSA) is 64.5 Å². The Balaban J connectivity index is 1.15. The fraction of sp³-hybridized carbons (Fsp3) is 0.0161. The van der Waals surface area contributed by atoms with Crippen molar-refractivity contribution in [3.8, 4) is 90.3 Å². The smallest absolute Gasteiger partial charge is 0.164 e. The average Bonchev–Trinajstić information content (AvgIpc) is 3.72. The van der Waals surface area contributed by atoms with E-state index in [0.29, 0.717) is 23.3 Å². The molecule has 0 N–H and O–H groups in total. The molecule has 9 aromatic carbocycles. The minimum Gasteiger partial charge on any atom is -0.228 e. The Morgan fingerprint density at radius 2 is 0.642 bits per heavy atom. The molecule has 0 saturated carbocycles. The third-order valence-corrected chi connectivity index (χ3v) is 12.8. The van der Waals surface area contributed by atoms with Crippen molar-refractivity contribution in [2.75, 3.05) is 0 Å².